The maximum Gasteiger partial charge on any atom is 0.340 e. The number of nitrogens with one attached hydrogen (secondary N) is 1. The monoisotopic (exact) mass is 372 g/mol. The third-order valence-electron chi connectivity index (χ3n) is 3.54. The summed E-state index contributed by atoms with van der Waals surface area (Å²) in [6.07, 6.45) is 1.22. The summed E-state index contributed by atoms with van der Waals surface area (Å²) in [5, 5.41) is 13.2. The quantitative estimate of drug-likeness (QED) is 0.544. The summed E-state index contributed by atoms with van der Waals surface area (Å²) < 4.78 is 15.6. The van der Waals surface area contributed by atoms with Gasteiger partial charge in [-0.05, 0) is 36.8 Å². The van der Waals surface area contributed by atoms with Gasteiger partial charge in [-0.2, -0.15) is 5.10 Å². The first-order chi connectivity index (χ1) is 13.0. The minimum atomic E-state index is -1.21. The number of carboxylic acid groups (broad SMARTS) is 1. The Bertz CT molecular complexity index is 863. The van der Waals surface area contributed by atoms with Crippen molar-refractivity contribution in [1.29, 1.82) is 0 Å². The lowest BCUT2D eigenvalue weighted by Crippen LogP contribution is -2.24. The number of hydrogen-bond donors (Lipinski definition) is 2. The molecule has 0 radical (unpaired) electrons. The zero-order valence-corrected chi connectivity index (χ0v) is 15.2. The SMILES string of the molecule is COc1ccc(C=NNC(=O)COc2cccc(C)c2)c(C(=O)O)c1OC. The first-order valence-corrected chi connectivity index (χ1v) is 7.96. The molecule has 0 aliphatic carbocycles. The number of hydrazone groups is 1. The van der Waals surface area contributed by atoms with Gasteiger partial charge in [0.25, 0.3) is 5.91 Å². The van der Waals surface area contributed by atoms with Crippen molar-refractivity contribution in [3.63, 3.8) is 0 Å². The molecule has 2 aromatic carbocycles. The molecule has 0 bridgehead atoms. The Morgan fingerprint density at radius 2 is 1.96 bits per heavy atom. The predicted octanol–water partition coefficient (Wildman–Crippen LogP) is 2.24. The van der Waals surface area contributed by atoms with Crippen LogP contribution in [0.3, 0.4) is 0 Å². The van der Waals surface area contributed by atoms with Gasteiger partial charge in [-0.3, -0.25) is 4.79 Å². The molecule has 8 nitrogen and oxygen atoms in total. The lowest BCUT2D eigenvalue weighted by Gasteiger charge is -2.12. The first kappa shape index (κ1) is 19.8. The summed E-state index contributed by atoms with van der Waals surface area (Å²) in [6.45, 7) is 1.69. The predicted molar refractivity (Wildman–Crippen MR) is 98.9 cm³/mol. The third-order valence-corrected chi connectivity index (χ3v) is 3.54. The molecule has 2 rings (SSSR count). The Morgan fingerprint density at radius 3 is 2.59 bits per heavy atom. The minimum Gasteiger partial charge on any atom is -0.493 e. The van der Waals surface area contributed by atoms with Crippen molar-refractivity contribution in [2.75, 3.05) is 20.8 Å². The van der Waals surface area contributed by atoms with Crippen LogP contribution < -0.4 is 19.6 Å². The largest absolute Gasteiger partial charge is 0.493 e. The second-order valence-corrected chi connectivity index (χ2v) is 5.47. The summed E-state index contributed by atoms with van der Waals surface area (Å²) >= 11 is 0. The number of aryl methyl sites for hydroxylation is 1. The maximum atomic E-state index is 11.8. The number of benzene rings is 2. The fourth-order valence-electron chi connectivity index (χ4n) is 2.33. The Kier molecular flexibility index (Phi) is 6.76. The van der Waals surface area contributed by atoms with Gasteiger partial charge in [-0.15, -0.1) is 0 Å². The molecular formula is C19H20N2O6. The van der Waals surface area contributed by atoms with Gasteiger partial charge in [0.1, 0.15) is 11.3 Å². The zero-order chi connectivity index (χ0) is 19.8. The van der Waals surface area contributed by atoms with Crippen LogP contribution >= 0.6 is 0 Å². The number of carbonyl (C=O) groups excluding carboxylic acids is 1. The molecule has 2 N–H and O–H groups in total. The Hall–Kier alpha value is -3.55. The second-order valence-electron chi connectivity index (χ2n) is 5.47. The molecule has 27 heavy (non-hydrogen) atoms. The van der Waals surface area contributed by atoms with E-state index in [2.05, 4.69) is 10.5 Å². The van der Waals surface area contributed by atoms with Crippen LogP contribution in [0.2, 0.25) is 0 Å². The van der Waals surface area contributed by atoms with Gasteiger partial charge >= 0.3 is 5.97 Å². The van der Waals surface area contributed by atoms with Crippen LogP contribution in [0, 0.1) is 6.92 Å². The molecule has 0 saturated heterocycles. The summed E-state index contributed by atoms with van der Waals surface area (Å²) in [5.41, 5.74) is 3.43. The first-order valence-electron chi connectivity index (χ1n) is 7.96. The van der Waals surface area contributed by atoms with E-state index < -0.39 is 11.9 Å². The van der Waals surface area contributed by atoms with E-state index in [1.54, 1.807) is 18.2 Å². The van der Waals surface area contributed by atoms with Crippen molar-refractivity contribution < 1.29 is 28.9 Å². The topological polar surface area (TPSA) is 106 Å². The molecule has 0 saturated carbocycles. The number of aromatic carboxylic acids is 1. The van der Waals surface area contributed by atoms with E-state index in [1.807, 2.05) is 19.1 Å². The molecule has 0 atom stereocenters. The Morgan fingerprint density at radius 1 is 1.19 bits per heavy atom. The van der Waals surface area contributed by atoms with Gasteiger partial charge < -0.3 is 19.3 Å². The number of ether oxygens (including phenoxy) is 3. The smallest absolute Gasteiger partial charge is 0.340 e. The number of nitrogens with zero attached hydrogens (tertiary/aromatic N) is 1. The molecule has 0 spiro atoms. The maximum absolute atomic E-state index is 11.8. The fourth-order valence-corrected chi connectivity index (χ4v) is 2.33. The van der Waals surface area contributed by atoms with E-state index in [0.29, 0.717) is 5.75 Å². The van der Waals surface area contributed by atoms with E-state index >= 15 is 0 Å². The second kappa shape index (κ2) is 9.23. The number of amides is 1. The van der Waals surface area contributed by atoms with Crippen molar-refractivity contribution in [3.8, 4) is 17.2 Å². The van der Waals surface area contributed by atoms with Crippen LogP contribution in [0.1, 0.15) is 21.5 Å². The molecule has 0 aliphatic rings. The van der Waals surface area contributed by atoms with Gasteiger partial charge in [0.05, 0.1) is 20.4 Å². The molecular weight excluding hydrogens is 352 g/mol. The molecule has 2 aromatic rings. The lowest BCUT2D eigenvalue weighted by atomic mass is 10.1. The lowest BCUT2D eigenvalue weighted by molar-refractivity contribution is -0.123. The number of hydrogen-bond acceptors (Lipinski definition) is 6. The standard InChI is InChI=1S/C19H20N2O6/c1-12-5-4-6-14(9-12)27-11-16(22)21-20-10-13-7-8-15(25-2)18(26-3)17(13)19(23)24/h4-10H,11H2,1-3H3,(H,21,22)(H,23,24). The molecule has 8 heteroatoms. The van der Waals surface area contributed by atoms with Crippen LogP contribution in [0.5, 0.6) is 17.2 Å². The summed E-state index contributed by atoms with van der Waals surface area (Å²) in [4.78, 5) is 23.4. The van der Waals surface area contributed by atoms with Crippen LogP contribution in [0.25, 0.3) is 0 Å². The van der Waals surface area contributed by atoms with Gasteiger partial charge in [0.2, 0.25) is 0 Å². The van der Waals surface area contributed by atoms with Gasteiger partial charge in [-0.1, -0.05) is 12.1 Å². The third kappa shape index (κ3) is 5.21. The van der Waals surface area contributed by atoms with Crippen molar-refractivity contribution in [2.24, 2.45) is 5.10 Å². The number of methoxy groups -OCH3 is 2. The normalized spacial score (nSPS) is 10.5. The van der Waals surface area contributed by atoms with E-state index in [0.717, 1.165) is 5.56 Å². The van der Waals surface area contributed by atoms with Gasteiger partial charge in [0.15, 0.2) is 18.1 Å². The highest BCUT2D eigenvalue weighted by Gasteiger charge is 2.20. The van der Waals surface area contributed by atoms with Crippen LogP contribution in [-0.4, -0.2) is 44.0 Å². The van der Waals surface area contributed by atoms with Crippen molar-refractivity contribution in [2.45, 2.75) is 6.92 Å². The molecule has 0 aromatic heterocycles. The average Bonchev–Trinajstić information content (AvgIpc) is 2.65. The van der Waals surface area contributed by atoms with E-state index in [4.69, 9.17) is 14.2 Å². The number of rotatable bonds is 8. The highest BCUT2D eigenvalue weighted by molar-refractivity contribution is 6.02. The van der Waals surface area contributed by atoms with Crippen LogP contribution in [-0.2, 0) is 4.79 Å². The van der Waals surface area contributed by atoms with Crippen molar-refractivity contribution in [3.05, 3.63) is 53.1 Å². The average molecular weight is 372 g/mol. The number of carboxylic acids is 1. The van der Waals surface area contributed by atoms with Gasteiger partial charge in [-0.25, -0.2) is 10.2 Å². The highest BCUT2D eigenvalue weighted by atomic mass is 16.5. The molecule has 0 unspecified atom stereocenters. The molecule has 0 aliphatic heterocycles. The Balaban J connectivity index is 2.05. The Labute approximate surface area is 156 Å². The number of carbonyl (C=O) groups is 2. The molecule has 142 valence electrons. The summed E-state index contributed by atoms with van der Waals surface area (Å²) in [5.74, 6) is -0.765. The highest BCUT2D eigenvalue weighted by Crippen LogP contribution is 2.32. The van der Waals surface area contributed by atoms with Gasteiger partial charge in [0, 0.05) is 5.56 Å². The molecule has 0 heterocycles. The molecule has 1 amide bonds. The zero-order valence-electron chi connectivity index (χ0n) is 15.2. The van der Waals surface area contributed by atoms with Crippen molar-refractivity contribution in [1.82, 2.24) is 5.43 Å². The van der Waals surface area contributed by atoms with E-state index in [1.165, 1.54) is 26.5 Å². The minimum absolute atomic E-state index is 0.0723. The van der Waals surface area contributed by atoms with Crippen LogP contribution in [0.4, 0.5) is 0 Å². The van der Waals surface area contributed by atoms with Crippen LogP contribution in [0.15, 0.2) is 41.5 Å². The molecule has 0 fully saturated rings. The summed E-state index contributed by atoms with van der Waals surface area (Å²) in [7, 11) is 2.75. The summed E-state index contributed by atoms with van der Waals surface area (Å²) in [6, 6.07) is 10.3. The fraction of sp³-hybridized carbons (Fsp3) is 0.211. The van der Waals surface area contributed by atoms with E-state index in [9.17, 15) is 14.7 Å². The van der Waals surface area contributed by atoms with Crippen molar-refractivity contribution >= 4 is 18.1 Å². The van der Waals surface area contributed by atoms with E-state index in [-0.39, 0.29) is 29.2 Å².